The number of hydrogen-bond acceptors (Lipinski definition) is 5. The minimum Gasteiger partial charge on any atom is -0.325 e. The number of likely N-dealkylation sites (tertiary alicyclic amines) is 1. The lowest BCUT2D eigenvalue weighted by Gasteiger charge is -2.34. The minimum absolute atomic E-state index is 0.310. The third kappa shape index (κ3) is 4.89. The van der Waals surface area contributed by atoms with Crippen LogP contribution in [0.1, 0.15) is 44.1 Å². The first kappa shape index (κ1) is 20.3. The molecule has 2 aliphatic rings. The maximum Gasteiger partial charge on any atom is 0.245 e. The van der Waals surface area contributed by atoms with Crippen LogP contribution in [-0.2, 0) is 21.2 Å². The lowest BCUT2D eigenvalue weighted by Crippen LogP contribution is -2.55. The number of amides is 1. The van der Waals surface area contributed by atoms with Gasteiger partial charge in [-0.3, -0.25) is 9.69 Å². The monoisotopic (exact) mass is 393 g/mol. The maximum absolute atomic E-state index is 12.8. The Morgan fingerprint density at radius 3 is 2.22 bits per heavy atom. The number of piperidine rings is 1. The van der Waals surface area contributed by atoms with E-state index in [1.54, 1.807) is 0 Å². The molecule has 2 saturated heterocycles. The Bertz CT molecular complexity index is 732. The molecule has 27 heavy (non-hydrogen) atoms. The highest BCUT2D eigenvalue weighted by Crippen LogP contribution is 2.29. The van der Waals surface area contributed by atoms with E-state index in [1.807, 2.05) is 24.3 Å². The van der Waals surface area contributed by atoms with Crippen LogP contribution in [0.5, 0.6) is 0 Å². The summed E-state index contributed by atoms with van der Waals surface area (Å²) in [5, 5.41) is 5.97. The van der Waals surface area contributed by atoms with E-state index >= 15 is 0 Å². The van der Waals surface area contributed by atoms with E-state index in [2.05, 4.69) is 15.5 Å². The molecule has 6 nitrogen and oxygen atoms in total. The molecule has 150 valence electrons. The van der Waals surface area contributed by atoms with Crippen molar-refractivity contribution in [1.29, 1.82) is 0 Å². The van der Waals surface area contributed by atoms with Crippen molar-refractivity contribution in [2.75, 3.05) is 37.8 Å². The van der Waals surface area contributed by atoms with Crippen LogP contribution in [0, 0.1) is 0 Å². The number of nitrogens with one attached hydrogen (secondary N) is 2. The second-order valence-corrected chi connectivity index (χ2v) is 10.2. The molecule has 0 spiro atoms. The zero-order chi connectivity index (χ0) is 19.3. The van der Waals surface area contributed by atoms with E-state index < -0.39 is 20.5 Å². The third-order valence-corrected chi connectivity index (χ3v) is 7.86. The molecule has 1 amide bonds. The lowest BCUT2D eigenvalue weighted by molar-refractivity contribution is -0.119. The largest absolute Gasteiger partial charge is 0.325 e. The minimum atomic E-state index is -3.50. The fourth-order valence-electron chi connectivity index (χ4n) is 4.09. The van der Waals surface area contributed by atoms with E-state index in [0.29, 0.717) is 31.6 Å². The van der Waals surface area contributed by atoms with E-state index in [9.17, 15) is 13.2 Å². The maximum atomic E-state index is 12.8. The van der Waals surface area contributed by atoms with Gasteiger partial charge in [-0.25, -0.2) is 8.42 Å². The molecule has 2 N–H and O–H groups in total. The van der Waals surface area contributed by atoms with Crippen molar-refractivity contribution in [2.24, 2.45) is 0 Å². The molecule has 0 unspecified atom stereocenters. The third-order valence-electron chi connectivity index (χ3n) is 5.85. The average molecular weight is 394 g/mol. The van der Waals surface area contributed by atoms with Crippen molar-refractivity contribution in [1.82, 2.24) is 10.2 Å². The fraction of sp³-hybridized carbons (Fsp3) is 0.650. The molecule has 2 heterocycles. The number of benzene rings is 1. The SMILES string of the molecule is CS(=O)(=O)C1(C(=O)Nc2ccc(CN3CCCCCC3)cc2)CCNCC1. The highest BCUT2D eigenvalue weighted by atomic mass is 32.2. The van der Waals surface area contributed by atoms with E-state index in [1.165, 1.54) is 37.5 Å². The Hall–Kier alpha value is -1.44. The van der Waals surface area contributed by atoms with Crippen LogP contribution >= 0.6 is 0 Å². The van der Waals surface area contributed by atoms with Crippen molar-refractivity contribution < 1.29 is 13.2 Å². The van der Waals surface area contributed by atoms with Gasteiger partial charge in [0.25, 0.3) is 0 Å². The normalized spacial score (nSPS) is 21.4. The topological polar surface area (TPSA) is 78.5 Å². The van der Waals surface area contributed by atoms with Gasteiger partial charge in [-0.05, 0) is 69.6 Å². The summed E-state index contributed by atoms with van der Waals surface area (Å²) in [6, 6.07) is 7.80. The molecular formula is C20H31N3O3S. The summed E-state index contributed by atoms with van der Waals surface area (Å²) in [7, 11) is -3.50. The molecular weight excluding hydrogens is 362 g/mol. The van der Waals surface area contributed by atoms with Crippen molar-refractivity contribution in [3.63, 3.8) is 0 Å². The number of nitrogens with zero attached hydrogens (tertiary/aromatic N) is 1. The number of carbonyl (C=O) groups is 1. The lowest BCUT2D eigenvalue weighted by atomic mass is 9.95. The zero-order valence-electron chi connectivity index (χ0n) is 16.2. The highest BCUT2D eigenvalue weighted by molar-refractivity contribution is 7.92. The number of rotatable bonds is 5. The first-order chi connectivity index (χ1) is 12.9. The van der Waals surface area contributed by atoms with E-state index in [-0.39, 0.29) is 0 Å². The number of hydrogen-bond donors (Lipinski definition) is 2. The van der Waals surface area contributed by atoms with Crippen molar-refractivity contribution in [3.8, 4) is 0 Å². The first-order valence-electron chi connectivity index (χ1n) is 9.94. The first-order valence-corrected chi connectivity index (χ1v) is 11.8. The number of anilines is 1. The molecule has 3 rings (SSSR count). The van der Waals surface area contributed by atoms with Gasteiger partial charge >= 0.3 is 0 Å². The van der Waals surface area contributed by atoms with Crippen molar-refractivity contribution >= 4 is 21.4 Å². The summed E-state index contributed by atoms with van der Waals surface area (Å²) in [4.78, 5) is 15.3. The molecule has 2 aliphatic heterocycles. The van der Waals surface area contributed by atoms with Crippen LogP contribution in [0.2, 0.25) is 0 Å². The fourth-order valence-corrected chi connectivity index (χ4v) is 5.42. The summed E-state index contributed by atoms with van der Waals surface area (Å²) in [5.41, 5.74) is 1.87. The van der Waals surface area contributed by atoms with Gasteiger partial charge in [0.15, 0.2) is 14.6 Å². The second kappa shape index (κ2) is 8.71. The summed E-state index contributed by atoms with van der Waals surface area (Å²) in [5.74, 6) is -0.410. The van der Waals surface area contributed by atoms with Crippen LogP contribution in [0.25, 0.3) is 0 Å². The zero-order valence-corrected chi connectivity index (χ0v) is 17.0. The summed E-state index contributed by atoms with van der Waals surface area (Å²) in [6.45, 7) is 4.28. The predicted octanol–water partition coefficient (Wildman–Crippen LogP) is 2.17. The molecule has 0 radical (unpaired) electrons. The standard InChI is InChI=1S/C20H31N3O3S/c1-27(25,26)20(10-12-21-13-11-20)19(24)22-18-8-6-17(7-9-18)16-23-14-4-2-3-5-15-23/h6-9,21H,2-5,10-16H2,1H3,(H,22,24). The molecule has 0 bridgehead atoms. The van der Waals surface area contributed by atoms with Gasteiger partial charge in [0.05, 0.1) is 0 Å². The van der Waals surface area contributed by atoms with Crippen LogP contribution in [0.3, 0.4) is 0 Å². The van der Waals surface area contributed by atoms with Crippen molar-refractivity contribution in [3.05, 3.63) is 29.8 Å². The average Bonchev–Trinajstić information content (AvgIpc) is 2.91. The smallest absolute Gasteiger partial charge is 0.245 e. The van der Waals surface area contributed by atoms with Crippen molar-refractivity contribution in [2.45, 2.75) is 49.8 Å². The second-order valence-electron chi connectivity index (χ2n) is 7.86. The molecule has 2 fully saturated rings. The molecule has 0 atom stereocenters. The van der Waals surface area contributed by atoms with Gasteiger partial charge in [0, 0.05) is 18.5 Å². The van der Waals surface area contributed by atoms with Crippen LogP contribution in [0.4, 0.5) is 5.69 Å². The van der Waals surface area contributed by atoms with Gasteiger partial charge in [-0.2, -0.15) is 0 Å². The summed E-state index contributed by atoms with van der Waals surface area (Å²) < 4.78 is 23.4. The molecule has 1 aromatic rings. The molecule has 7 heteroatoms. The van der Waals surface area contributed by atoms with Gasteiger partial charge in [0.2, 0.25) is 5.91 Å². The van der Waals surface area contributed by atoms with Crippen LogP contribution in [-0.4, -0.2) is 56.4 Å². The summed E-state index contributed by atoms with van der Waals surface area (Å²) in [6.07, 6.45) is 6.95. The quantitative estimate of drug-likeness (QED) is 0.802. The highest BCUT2D eigenvalue weighted by Gasteiger charge is 2.48. The number of sulfone groups is 1. The van der Waals surface area contributed by atoms with E-state index in [4.69, 9.17) is 0 Å². The Labute approximate surface area is 162 Å². The summed E-state index contributed by atoms with van der Waals surface area (Å²) >= 11 is 0. The van der Waals surface area contributed by atoms with Gasteiger partial charge in [-0.15, -0.1) is 0 Å². The molecule has 0 aromatic heterocycles. The molecule has 0 saturated carbocycles. The molecule has 0 aliphatic carbocycles. The van der Waals surface area contributed by atoms with Gasteiger partial charge in [0.1, 0.15) is 0 Å². The van der Waals surface area contributed by atoms with Gasteiger partial charge < -0.3 is 10.6 Å². The van der Waals surface area contributed by atoms with E-state index in [0.717, 1.165) is 19.6 Å². The van der Waals surface area contributed by atoms with Gasteiger partial charge in [-0.1, -0.05) is 25.0 Å². The predicted molar refractivity (Wildman–Crippen MR) is 108 cm³/mol. The van der Waals surface area contributed by atoms with Crippen LogP contribution < -0.4 is 10.6 Å². The Morgan fingerprint density at radius 2 is 1.67 bits per heavy atom. The molecule has 1 aromatic carbocycles. The van der Waals surface area contributed by atoms with Crippen LogP contribution in [0.15, 0.2) is 24.3 Å². The Morgan fingerprint density at radius 1 is 1.07 bits per heavy atom. The Kier molecular flexibility index (Phi) is 6.55. The number of carbonyl (C=O) groups excluding carboxylic acids is 1. The Balaban J connectivity index is 1.65.